The number of cyclic esters (lactones) is 1. The molecule has 11 heteroatoms. The van der Waals surface area contributed by atoms with Gasteiger partial charge in [-0.1, -0.05) is 6.42 Å². The molecular weight excluding hydrogens is 457 g/mol. The van der Waals surface area contributed by atoms with E-state index in [4.69, 9.17) is 9.47 Å². The molecule has 2 aliphatic heterocycles. The number of halogens is 1. The number of fused-ring (bicyclic) bond motifs is 2. The van der Waals surface area contributed by atoms with E-state index >= 15 is 0 Å². The van der Waals surface area contributed by atoms with Crippen LogP contribution in [0.3, 0.4) is 0 Å². The van der Waals surface area contributed by atoms with E-state index in [0.717, 1.165) is 19.3 Å². The molecule has 3 aromatic rings. The predicted molar refractivity (Wildman–Crippen MR) is 125 cm³/mol. The number of hydrogen-bond donors (Lipinski definition) is 1. The summed E-state index contributed by atoms with van der Waals surface area (Å²) in [6.07, 6.45) is 3.87. The molecule has 5 rings (SSSR count). The lowest BCUT2D eigenvalue weighted by Gasteiger charge is -2.19. The minimum atomic E-state index is -0.489. The number of carbonyl (C=O) groups excluding carboxylic acids is 2. The van der Waals surface area contributed by atoms with Gasteiger partial charge in [0, 0.05) is 18.7 Å². The predicted octanol–water partition coefficient (Wildman–Crippen LogP) is 2.93. The van der Waals surface area contributed by atoms with Crippen LogP contribution in [0.25, 0.3) is 11.0 Å². The second-order valence-corrected chi connectivity index (χ2v) is 8.62. The van der Waals surface area contributed by atoms with Crippen LogP contribution in [0.5, 0.6) is 5.75 Å². The Morgan fingerprint density at radius 2 is 2.00 bits per heavy atom. The van der Waals surface area contributed by atoms with E-state index < -0.39 is 11.9 Å². The average molecular weight is 481 g/mol. The first-order valence-electron chi connectivity index (χ1n) is 11.5. The van der Waals surface area contributed by atoms with Crippen LogP contribution in [0.1, 0.15) is 31.2 Å². The standard InChI is InChI=1S/C24H24FN5O5/c1-29-21(32)10-7-17-22(29)15(16(25)11-26-17)6-4-2-3-5-14-12-30(24(33)35-14)19-9-8-18-23(27-19)28-20(31)13-34-18/h7-11,14H,2-6,12-13H2,1H3,(H,27,28,31). The first-order valence-corrected chi connectivity index (χ1v) is 11.5. The first kappa shape index (κ1) is 22.8. The van der Waals surface area contributed by atoms with Gasteiger partial charge in [-0.25, -0.2) is 14.2 Å². The molecule has 0 spiro atoms. The third-order valence-electron chi connectivity index (χ3n) is 6.25. The second-order valence-electron chi connectivity index (χ2n) is 8.62. The van der Waals surface area contributed by atoms with Crippen molar-refractivity contribution in [2.75, 3.05) is 23.4 Å². The second kappa shape index (κ2) is 9.32. The van der Waals surface area contributed by atoms with Crippen LogP contribution in [0.2, 0.25) is 0 Å². The molecule has 182 valence electrons. The maximum Gasteiger partial charge on any atom is 0.415 e. The Balaban J connectivity index is 1.15. The lowest BCUT2D eigenvalue weighted by molar-refractivity contribution is -0.118. The number of hydrogen-bond acceptors (Lipinski definition) is 7. The van der Waals surface area contributed by atoms with Crippen molar-refractivity contribution < 1.29 is 23.5 Å². The molecule has 3 aromatic heterocycles. The lowest BCUT2D eigenvalue weighted by Crippen LogP contribution is -2.29. The summed E-state index contributed by atoms with van der Waals surface area (Å²) in [5.41, 5.74) is 1.39. The Hall–Kier alpha value is -4.02. The Morgan fingerprint density at radius 3 is 2.86 bits per heavy atom. The van der Waals surface area contributed by atoms with Gasteiger partial charge in [0.15, 0.2) is 18.2 Å². The minimum absolute atomic E-state index is 0.0655. The highest BCUT2D eigenvalue weighted by molar-refractivity contribution is 5.95. The molecule has 2 aliphatic rings. The molecule has 1 atom stereocenters. The van der Waals surface area contributed by atoms with Gasteiger partial charge in [-0.05, 0) is 43.9 Å². The molecule has 1 N–H and O–H groups in total. The zero-order chi connectivity index (χ0) is 24.5. The summed E-state index contributed by atoms with van der Waals surface area (Å²) in [6, 6.07) is 6.35. The molecule has 2 amide bonds. The summed E-state index contributed by atoms with van der Waals surface area (Å²) in [7, 11) is 1.62. The molecule has 0 bridgehead atoms. The van der Waals surface area contributed by atoms with Crippen LogP contribution < -0.4 is 20.5 Å². The summed E-state index contributed by atoms with van der Waals surface area (Å²) in [5.74, 6) is 0.399. The number of nitrogens with one attached hydrogen (secondary N) is 1. The van der Waals surface area contributed by atoms with Crippen molar-refractivity contribution in [1.29, 1.82) is 0 Å². The van der Waals surface area contributed by atoms with Gasteiger partial charge in [0.25, 0.3) is 11.5 Å². The van der Waals surface area contributed by atoms with E-state index in [1.807, 2.05) is 0 Å². The molecular formula is C24H24FN5O5. The Labute approximate surface area is 199 Å². The highest BCUT2D eigenvalue weighted by Crippen LogP contribution is 2.30. The lowest BCUT2D eigenvalue weighted by atomic mass is 10.0. The van der Waals surface area contributed by atoms with Crippen LogP contribution in [-0.2, 0) is 23.0 Å². The fraction of sp³-hybridized carbons (Fsp3) is 0.375. The average Bonchev–Trinajstić information content (AvgIpc) is 3.22. The molecule has 1 fully saturated rings. The van der Waals surface area contributed by atoms with Crippen molar-refractivity contribution in [2.45, 2.75) is 38.2 Å². The van der Waals surface area contributed by atoms with E-state index in [9.17, 15) is 18.8 Å². The van der Waals surface area contributed by atoms with Gasteiger partial charge in [-0.2, -0.15) is 0 Å². The molecule has 0 aliphatic carbocycles. The third-order valence-corrected chi connectivity index (χ3v) is 6.25. The molecule has 10 nitrogen and oxygen atoms in total. The number of anilines is 2. The first-order chi connectivity index (χ1) is 16.9. The summed E-state index contributed by atoms with van der Waals surface area (Å²) in [4.78, 5) is 45.8. The van der Waals surface area contributed by atoms with Crippen LogP contribution >= 0.6 is 0 Å². The Kier molecular flexibility index (Phi) is 6.06. The molecule has 0 radical (unpaired) electrons. The maximum absolute atomic E-state index is 14.5. The van der Waals surface area contributed by atoms with Gasteiger partial charge >= 0.3 is 6.09 Å². The zero-order valence-electron chi connectivity index (χ0n) is 19.1. The van der Waals surface area contributed by atoms with E-state index in [1.165, 1.54) is 21.7 Å². The Morgan fingerprint density at radius 1 is 1.14 bits per heavy atom. The number of amides is 2. The fourth-order valence-electron chi connectivity index (χ4n) is 4.45. The molecule has 1 saturated heterocycles. The topological polar surface area (TPSA) is 116 Å². The van der Waals surface area contributed by atoms with E-state index in [0.29, 0.717) is 47.6 Å². The number of carbonyl (C=O) groups is 2. The Bertz CT molecular complexity index is 1370. The van der Waals surface area contributed by atoms with Crippen molar-refractivity contribution in [3.05, 3.63) is 52.2 Å². The van der Waals surface area contributed by atoms with E-state index in [1.54, 1.807) is 25.2 Å². The highest BCUT2D eigenvalue weighted by atomic mass is 19.1. The van der Waals surface area contributed by atoms with Gasteiger partial charge < -0.3 is 19.4 Å². The van der Waals surface area contributed by atoms with Crippen molar-refractivity contribution in [1.82, 2.24) is 14.5 Å². The number of pyridine rings is 3. The van der Waals surface area contributed by atoms with Crippen LogP contribution in [0.15, 0.2) is 35.3 Å². The SMILES string of the molecule is Cn1c(=O)ccc2ncc(F)c(CCCCCC3CN(c4ccc5c(n4)NC(=O)CO5)C(=O)O3)c21. The molecule has 0 aromatic carbocycles. The van der Waals surface area contributed by atoms with Gasteiger partial charge in [-0.15, -0.1) is 0 Å². The number of ether oxygens (including phenoxy) is 2. The zero-order valence-corrected chi connectivity index (χ0v) is 19.1. The number of rotatable bonds is 7. The monoisotopic (exact) mass is 481 g/mol. The van der Waals surface area contributed by atoms with Gasteiger partial charge in [0.1, 0.15) is 17.7 Å². The number of aryl methyl sites for hydroxylation is 2. The van der Waals surface area contributed by atoms with Crippen molar-refractivity contribution in [3.63, 3.8) is 0 Å². The van der Waals surface area contributed by atoms with Crippen LogP contribution in [-0.4, -0.2) is 45.8 Å². The normalized spacial score (nSPS) is 17.2. The summed E-state index contributed by atoms with van der Waals surface area (Å²) in [5, 5.41) is 2.63. The number of unbranched alkanes of at least 4 members (excludes halogenated alkanes) is 2. The minimum Gasteiger partial charge on any atom is -0.480 e. The summed E-state index contributed by atoms with van der Waals surface area (Å²) < 4.78 is 26.7. The fourth-order valence-corrected chi connectivity index (χ4v) is 4.45. The summed E-state index contributed by atoms with van der Waals surface area (Å²) >= 11 is 0. The van der Waals surface area contributed by atoms with Crippen molar-refractivity contribution in [3.8, 4) is 5.75 Å². The maximum atomic E-state index is 14.5. The molecule has 5 heterocycles. The highest BCUT2D eigenvalue weighted by Gasteiger charge is 2.33. The largest absolute Gasteiger partial charge is 0.480 e. The summed E-state index contributed by atoms with van der Waals surface area (Å²) in [6.45, 7) is 0.287. The van der Waals surface area contributed by atoms with Crippen LogP contribution in [0, 0.1) is 5.82 Å². The number of aromatic nitrogens is 3. The molecule has 0 saturated carbocycles. The van der Waals surface area contributed by atoms with Crippen LogP contribution in [0.4, 0.5) is 20.8 Å². The molecule has 1 unspecified atom stereocenters. The van der Waals surface area contributed by atoms with Gasteiger partial charge in [0.05, 0.1) is 23.8 Å². The third kappa shape index (κ3) is 4.53. The van der Waals surface area contributed by atoms with Crippen molar-refractivity contribution in [2.24, 2.45) is 7.05 Å². The quantitative estimate of drug-likeness (QED) is 0.516. The van der Waals surface area contributed by atoms with Gasteiger partial charge in [0.2, 0.25) is 0 Å². The van der Waals surface area contributed by atoms with E-state index in [2.05, 4.69) is 15.3 Å². The smallest absolute Gasteiger partial charge is 0.415 e. The van der Waals surface area contributed by atoms with E-state index in [-0.39, 0.29) is 30.0 Å². The van der Waals surface area contributed by atoms with Gasteiger partial charge in [-0.3, -0.25) is 19.5 Å². The number of nitrogens with zero attached hydrogens (tertiary/aromatic N) is 4. The molecule has 35 heavy (non-hydrogen) atoms. The van der Waals surface area contributed by atoms with Crippen molar-refractivity contribution >= 4 is 34.7 Å².